The zero-order valence-electron chi connectivity index (χ0n) is 7.99. The van der Waals surface area contributed by atoms with Crippen LogP contribution in [0.25, 0.3) is 0 Å². The predicted octanol–water partition coefficient (Wildman–Crippen LogP) is 0.393. The average molecular weight is 191 g/mol. The summed E-state index contributed by atoms with van der Waals surface area (Å²) in [6, 6.07) is 6.86. The van der Waals surface area contributed by atoms with E-state index in [2.05, 4.69) is 11.4 Å². The second kappa shape index (κ2) is 4.61. The quantitative estimate of drug-likeness (QED) is 0.604. The summed E-state index contributed by atoms with van der Waals surface area (Å²) >= 11 is 0. The first-order valence-electron chi connectivity index (χ1n) is 4.30. The van der Waals surface area contributed by atoms with Gasteiger partial charge in [0.15, 0.2) is 0 Å². The van der Waals surface area contributed by atoms with Crippen LogP contribution in [0, 0.1) is 11.3 Å². The molecule has 0 fully saturated rings. The van der Waals surface area contributed by atoms with Gasteiger partial charge in [0.05, 0.1) is 24.3 Å². The Kier molecular flexibility index (Phi) is 3.46. The van der Waals surface area contributed by atoms with Gasteiger partial charge in [-0.3, -0.25) is 0 Å². The maximum absolute atomic E-state index is 9.08. The third-order valence-electron chi connectivity index (χ3n) is 2.10. The molecule has 0 amide bonds. The van der Waals surface area contributed by atoms with Gasteiger partial charge in [-0.1, -0.05) is 0 Å². The van der Waals surface area contributed by atoms with Gasteiger partial charge in [0.2, 0.25) is 0 Å². The number of hydrogen-bond donors (Lipinski definition) is 3. The van der Waals surface area contributed by atoms with Gasteiger partial charge >= 0.3 is 0 Å². The first-order chi connectivity index (χ1) is 6.72. The van der Waals surface area contributed by atoms with Crippen LogP contribution in [-0.4, -0.2) is 18.8 Å². The average Bonchev–Trinajstić information content (AvgIpc) is 2.20. The van der Waals surface area contributed by atoms with Crippen molar-refractivity contribution in [2.45, 2.75) is 6.04 Å². The summed E-state index contributed by atoms with van der Waals surface area (Å²) in [5.74, 6) is 0. The molecule has 0 unspecified atom stereocenters. The van der Waals surface area contributed by atoms with Gasteiger partial charge in [0.25, 0.3) is 0 Å². The Balaban J connectivity index is 3.16. The van der Waals surface area contributed by atoms with E-state index in [0.717, 1.165) is 5.56 Å². The molecule has 0 saturated carbocycles. The number of nitrogens with zero attached hydrogens (tertiary/aromatic N) is 1. The Hall–Kier alpha value is -1.57. The van der Waals surface area contributed by atoms with Crippen LogP contribution in [0.5, 0.6) is 0 Å². The van der Waals surface area contributed by atoms with Crippen molar-refractivity contribution in [1.29, 1.82) is 5.26 Å². The number of nitriles is 1. The molecule has 0 bridgehead atoms. The second-order valence-corrected chi connectivity index (χ2v) is 2.98. The van der Waals surface area contributed by atoms with E-state index in [1.54, 1.807) is 25.2 Å². The summed E-state index contributed by atoms with van der Waals surface area (Å²) in [6.07, 6.45) is 0. The molecule has 14 heavy (non-hydrogen) atoms. The van der Waals surface area contributed by atoms with Crippen LogP contribution in [0.15, 0.2) is 18.2 Å². The lowest BCUT2D eigenvalue weighted by atomic mass is 10.0. The molecule has 0 radical (unpaired) electrons. The van der Waals surface area contributed by atoms with E-state index in [-0.39, 0.29) is 12.6 Å². The smallest absolute Gasteiger partial charge is 0.0995 e. The minimum absolute atomic E-state index is 0.0609. The number of rotatable bonds is 3. The largest absolute Gasteiger partial charge is 0.399 e. The molecule has 4 N–H and O–H groups in total. The molecule has 1 aromatic rings. The van der Waals surface area contributed by atoms with Crippen molar-refractivity contribution < 1.29 is 5.11 Å². The van der Waals surface area contributed by atoms with E-state index in [4.69, 9.17) is 16.1 Å². The van der Waals surface area contributed by atoms with Crippen LogP contribution in [-0.2, 0) is 0 Å². The van der Waals surface area contributed by atoms with Gasteiger partial charge in [-0.25, -0.2) is 0 Å². The minimum atomic E-state index is -0.242. The van der Waals surface area contributed by atoms with E-state index < -0.39 is 0 Å². The lowest BCUT2D eigenvalue weighted by molar-refractivity contribution is 0.251. The first-order valence-corrected chi connectivity index (χ1v) is 4.30. The maximum Gasteiger partial charge on any atom is 0.0995 e. The molecule has 74 valence electrons. The van der Waals surface area contributed by atoms with Crippen molar-refractivity contribution in [3.8, 4) is 6.07 Å². The maximum atomic E-state index is 9.08. The van der Waals surface area contributed by atoms with Crippen LogP contribution in [0.4, 0.5) is 5.69 Å². The van der Waals surface area contributed by atoms with Gasteiger partial charge in [-0.05, 0) is 30.8 Å². The van der Waals surface area contributed by atoms with Crippen LogP contribution in [0.1, 0.15) is 17.2 Å². The number of nitrogens with one attached hydrogen (secondary N) is 1. The molecule has 0 heterocycles. The van der Waals surface area contributed by atoms with E-state index >= 15 is 0 Å². The van der Waals surface area contributed by atoms with Crippen molar-refractivity contribution in [1.82, 2.24) is 5.32 Å². The molecule has 1 aromatic carbocycles. The Morgan fingerprint density at radius 3 is 2.86 bits per heavy atom. The van der Waals surface area contributed by atoms with Crippen molar-refractivity contribution >= 4 is 5.69 Å². The van der Waals surface area contributed by atoms with Crippen molar-refractivity contribution in [3.05, 3.63) is 29.3 Å². The molecule has 4 heteroatoms. The predicted molar refractivity (Wildman–Crippen MR) is 54.5 cm³/mol. The fraction of sp³-hybridized carbons (Fsp3) is 0.300. The van der Waals surface area contributed by atoms with Crippen molar-refractivity contribution in [3.63, 3.8) is 0 Å². The van der Waals surface area contributed by atoms with Gasteiger partial charge in [0.1, 0.15) is 0 Å². The third kappa shape index (κ3) is 2.02. The highest BCUT2D eigenvalue weighted by atomic mass is 16.3. The number of nitrogen functional groups attached to an aromatic ring is 1. The van der Waals surface area contributed by atoms with Crippen LogP contribution >= 0.6 is 0 Å². The summed E-state index contributed by atoms with van der Waals surface area (Å²) in [5.41, 5.74) is 7.47. The number of nitrogens with two attached hydrogens (primary N) is 1. The number of aliphatic hydroxyl groups excluding tert-OH is 1. The number of anilines is 1. The fourth-order valence-electron chi connectivity index (χ4n) is 1.32. The van der Waals surface area contributed by atoms with Gasteiger partial charge in [-0.2, -0.15) is 5.26 Å². The Labute approximate surface area is 83.0 Å². The number of hydrogen-bond acceptors (Lipinski definition) is 4. The standard InChI is InChI=1S/C10H13N3O/c1-13-10(6-14)9-4-8(12)3-2-7(9)5-11/h2-4,10,13-14H,6,12H2,1H3/t10-/m0/s1. The molecular formula is C10H13N3O. The molecule has 0 spiro atoms. The molecular weight excluding hydrogens is 178 g/mol. The van der Waals surface area contributed by atoms with Crippen LogP contribution in [0.2, 0.25) is 0 Å². The minimum Gasteiger partial charge on any atom is -0.399 e. The van der Waals surface area contributed by atoms with Gasteiger partial charge in [0, 0.05) is 5.69 Å². The SMILES string of the molecule is CN[C@@H](CO)c1cc(N)ccc1C#N. The topological polar surface area (TPSA) is 82.1 Å². The Morgan fingerprint density at radius 1 is 1.64 bits per heavy atom. The van der Waals surface area contributed by atoms with Gasteiger partial charge < -0.3 is 16.2 Å². The van der Waals surface area contributed by atoms with E-state index in [1.807, 2.05) is 0 Å². The van der Waals surface area contributed by atoms with Crippen molar-refractivity contribution in [2.24, 2.45) is 0 Å². The molecule has 0 aliphatic rings. The number of aliphatic hydroxyl groups is 1. The monoisotopic (exact) mass is 191 g/mol. The highest BCUT2D eigenvalue weighted by Gasteiger charge is 2.12. The summed E-state index contributed by atoms with van der Waals surface area (Å²) in [7, 11) is 1.73. The summed E-state index contributed by atoms with van der Waals surface area (Å²) in [6.45, 7) is -0.0609. The molecule has 4 nitrogen and oxygen atoms in total. The molecule has 0 aliphatic heterocycles. The molecule has 1 atom stereocenters. The highest BCUT2D eigenvalue weighted by Crippen LogP contribution is 2.19. The third-order valence-corrected chi connectivity index (χ3v) is 2.10. The van der Waals surface area contributed by atoms with E-state index in [9.17, 15) is 0 Å². The van der Waals surface area contributed by atoms with E-state index in [0.29, 0.717) is 11.3 Å². The highest BCUT2D eigenvalue weighted by molar-refractivity contribution is 5.50. The summed E-state index contributed by atoms with van der Waals surface area (Å²) in [4.78, 5) is 0. The Bertz CT molecular complexity index is 353. The van der Waals surface area contributed by atoms with E-state index in [1.165, 1.54) is 0 Å². The normalized spacial score (nSPS) is 12.1. The lowest BCUT2D eigenvalue weighted by Crippen LogP contribution is -2.21. The molecule has 1 rings (SSSR count). The zero-order chi connectivity index (χ0) is 10.6. The fourth-order valence-corrected chi connectivity index (χ4v) is 1.32. The van der Waals surface area contributed by atoms with Crippen LogP contribution < -0.4 is 11.1 Å². The van der Waals surface area contributed by atoms with Gasteiger partial charge in [-0.15, -0.1) is 0 Å². The lowest BCUT2D eigenvalue weighted by Gasteiger charge is -2.15. The molecule has 0 aliphatic carbocycles. The number of benzene rings is 1. The summed E-state index contributed by atoms with van der Waals surface area (Å²) in [5, 5.41) is 20.8. The van der Waals surface area contributed by atoms with Crippen LogP contribution in [0.3, 0.4) is 0 Å². The molecule has 0 aromatic heterocycles. The second-order valence-electron chi connectivity index (χ2n) is 2.98. The van der Waals surface area contributed by atoms with Crippen molar-refractivity contribution in [2.75, 3.05) is 19.4 Å². The zero-order valence-corrected chi connectivity index (χ0v) is 7.99. The number of likely N-dealkylation sites (N-methyl/N-ethyl adjacent to an activating group) is 1. The first kappa shape index (κ1) is 10.5. The summed E-state index contributed by atoms with van der Waals surface area (Å²) < 4.78 is 0. The Morgan fingerprint density at radius 2 is 2.36 bits per heavy atom. The molecule has 0 saturated heterocycles.